The molecule has 0 saturated heterocycles. The zero-order chi connectivity index (χ0) is 17.8. The van der Waals surface area contributed by atoms with Gasteiger partial charge in [0.05, 0.1) is 0 Å². The molecule has 0 bridgehead atoms. The Bertz CT molecular complexity index is 1020. The number of carbonyl (C=O) groups excluding carboxylic acids is 1. The number of benzene rings is 3. The third kappa shape index (κ3) is 3.14. The van der Waals surface area contributed by atoms with Gasteiger partial charge < -0.3 is 0 Å². The van der Waals surface area contributed by atoms with Crippen LogP contribution in [0.25, 0.3) is 16.3 Å². The summed E-state index contributed by atoms with van der Waals surface area (Å²) in [6, 6.07) is 21.9. The van der Waals surface area contributed by atoms with Crippen molar-refractivity contribution >= 4 is 38.6 Å². The van der Waals surface area contributed by atoms with Crippen LogP contribution in [-0.2, 0) is 11.2 Å². The van der Waals surface area contributed by atoms with Gasteiger partial charge in [0.15, 0.2) is 6.29 Å². The summed E-state index contributed by atoms with van der Waals surface area (Å²) >= 11 is 3.60. The molecule has 0 saturated carbocycles. The van der Waals surface area contributed by atoms with Gasteiger partial charge in [-0.2, -0.15) is 5.26 Å². The topological polar surface area (TPSA) is 40.9 Å². The number of nitriles is 1. The molecule has 3 aromatic rings. The second-order valence-electron chi connectivity index (χ2n) is 5.66. The van der Waals surface area contributed by atoms with Gasteiger partial charge in [-0.25, -0.2) is 0 Å². The van der Waals surface area contributed by atoms with Gasteiger partial charge in [-0.15, -0.1) is 0 Å². The second-order valence-corrected chi connectivity index (χ2v) is 6.52. The van der Waals surface area contributed by atoms with Gasteiger partial charge in [0.2, 0.25) is 0 Å². The maximum Gasteiger partial charge on any atom is 0.161 e. The lowest BCUT2D eigenvalue weighted by molar-refractivity contribution is -0.104. The van der Waals surface area contributed by atoms with E-state index in [2.05, 4.69) is 28.9 Å². The van der Waals surface area contributed by atoms with Crippen LogP contribution in [0.4, 0.5) is 0 Å². The lowest BCUT2D eigenvalue weighted by atomic mass is 9.87. The largest absolute Gasteiger partial charge is 0.297 e. The Morgan fingerprint density at radius 1 is 1.04 bits per heavy atom. The van der Waals surface area contributed by atoms with Crippen LogP contribution in [0, 0.1) is 11.3 Å². The molecular formula is C22H16BrNO. The monoisotopic (exact) mass is 389 g/mol. The Hall–Kier alpha value is -2.70. The standard InChI is InChI=1S/C22H16BrNO/c1-2-17-19(11-6-12-21(17)23)22(16(13-24)14-25)20-10-5-8-15-7-3-4-9-18(15)20/h3-12,14H,2H2,1H3/b22-16+. The SMILES string of the molecule is CCc1c(Br)cccc1/C(=C(/C#N)C=O)c1cccc2ccccc12. The highest BCUT2D eigenvalue weighted by Crippen LogP contribution is 2.36. The highest BCUT2D eigenvalue weighted by atomic mass is 79.9. The highest BCUT2D eigenvalue weighted by Gasteiger charge is 2.18. The van der Waals surface area contributed by atoms with E-state index < -0.39 is 0 Å². The summed E-state index contributed by atoms with van der Waals surface area (Å²) in [7, 11) is 0. The Morgan fingerprint density at radius 2 is 1.72 bits per heavy atom. The van der Waals surface area contributed by atoms with Crippen molar-refractivity contribution in [2.24, 2.45) is 0 Å². The molecule has 0 N–H and O–H groups in total. The van der Waals surface area contributed by atoms with Gasteiger partial charge in [-0.05, 0) is 39.9 Å². The maximum absolute atomic E-state index is 11.7. The Balaban J connectivity index is 2.44. The average Bonchev–Trinajstić information content (AvgIpc) is 2.65. The maximum atomic E-state index is 11.7. The minimum atomic E-state index is 0.143. The van der Waals surface area contributed by atoms with E-state index in [4.69, 9.17) is 0 Å². The number of nitrogens with zero attached hydrogens (tertiary/aromatic N) is 1. The van der Waals surface area contributed by atoms with E-state index in [0.29, 0.717) is 11.9 Å². The van der Waals surface area contributed by atoms with E-state index in [1.807, 2.05) is 60.7 Å². The van der Waals surface area contributed by atoms with Crippen LogP contribution >= 0.6 is 15.9 Å². The van der Waals surface area contributed by atoms with E-state index in [0.717, 1.165) is 38.4 Å². The first-order valence-corrected chi connectivity index (χ1v) is 8.86. The summed E-state index contributed by atoms with van der Waals surface area (Å²) in [6.07, 6.45) is 1.44. The predicted molar refractivity (Wildman–Crippen MR) is 105 cm³/mol. The number of rotatable bonds is 4. The minimum Gasteiger partial charge on any atom is -0.297 e. The molecule has 0 heterocycles. The van der Waals surface area contributed by atoms with Crippen molar-refractivity contribution in [3.05, 3.63) is 87.4 Å². The van der Waals surface area contributed by atoms with Crippen molar-refractivity contribution in [3.63, 3.8) is 0 Å². The molecule has 3 aromatic carbocycles. The molecule has 0 spiro atoms. The lowest BCUT2D eigenvalue weighted by Crippen LogP contribution is -2.00. The van der Waals surface area contributed by atoms with Crippen molar-refractivity contribution in [1.82, 2.24) is 0 Å². The zero-order valence-corrected chi connectivity index (χ0v) is 15.4. The molecule has 0 radical (unpaired) electrons. The molecule has 2 nitrogen and oxygen atoms in total. The fourth-order valence-electron chi connectivity index (χ4n) is 3.17. The van der Waals surface area contributed by atoms with Crippen molar-refractivity contribution in [2.75, 3.05) is 0 Å². The predicted octanol–water partition coefficient (Wildman–Crippen LogP) is 5.69. The quantitative estimate of drug-likeness (QED) is 0.326. The molecule has 0 atom stereocenters. The van der Waals surface area contributed by atoms with Crippen molar-refractivity contribution < 1.29 is 4.79 Å². The summed E-state index contributed by atoms with van der Waals surface area (Å²) in [6.45, 7) is 2.07. The van der Waals surface area contributed by atoms with Crippen LogP contribution in [0.1, 0.15) is 23.6 Å². The molecule has 0 amide bonds. The lowest BCUT2D eigenvalue weighted by Gasteiger charge is -2.16. The zero-order valence-electron chi connectivity index (χ0n) is 13.8. The fraction of sp³-hybridized carbons (Fsp3) is 0.0909. The van der Waals surface area contributed by atoms with E-state index >= 15 is 0 Å². The average molecular weight is 390 g/mol. The second kappa shape index (κ2) is 7.46. The minimum absolute atomic E-state index is 0.143. The van der Waals surface area contributed by atoms with E-state index in [9.17, 15) is 10.1 Å². The van der Waals surface area contributed by atoms with E-state index in [1.165, 1.54) is 0 Å². The van der Waals surface area contributed by atoms with Gasteiger partial charge in [-0.3, -0.25) is 4.79 Å². The number of hydrogen-bond donors (Lipinski definition) is 0. The molecule has 0 aliphatic heterocycles. The molecular weight excluding hydrogens is 374 g/mol. The molecule has 0 unspecified atom stereocenters. The first-order valence-electron chi connectivity index (χ1n) is 8.06. The number of carbonyl (C=O) groups is 1. The Labute approximate surface area is 155 Å². The summed E-state index contributed by atoms with van der Waals surface area (Å²) in [5.41, 5.74) is 3.73. The molecule has 0 aliphatic carbocycles. The number of fused-ring (bicyclic) bond motifs is 1. The third-order valence-electron chi connectivity index (χ3n) is 4.31. The van der Waals surface area contributed by atoms with Crippen LogP contribution in [0.15, 0.2) is 70.7 Å². The molecule has 0 aromatic heterocycles. The smallest absolute Gasteiger partial charge is 0.161 e. The van der Waals surface area contributed by atoms with E-state index in [-0.39, 0.29) is 5.57 Å². The van der Waals surface area contributed by atoms with Gasteiger partial charge in [0, 0.05) is 10.0 Å². The molecule has 3 rings (SSSR count). The van der Waals surface area contributed by atoms with Crippen LogP contribution in [0.5, 0.6) is 0 Å². The summed E-state index contributed by atoms with van der Waals surface area (Å²) < 4.78 is 0.980. The van der Waals surface area contributed by atoms with Gasteiger partial charge in [0.25, 0.3) is 0 Å². The van der Waals surface area contributed by atoms with Crippen LogP contribution in [-0.4, -0.2) is 6.29 Å². The summed E-state index contributed by atoms with van der Waals surface area (Å²) in [5.74, 6) is 0. The van der Waals surface area contributed by atoms with Crippen molar-refractivity contribution in [2.45, 2.75) is 13.3 Å². The summed E-state index contributed by atoms with van der Waals surface area (Å²) in [4.78, 5) is 11.7. The van der Waals surface area contributed by atoms with Crippen molar-refractivity contribution in [3.8, 4) is 6.07 Å². The molecule has 0 aliphatic rings. The first-order chi connectivity index (χ1) is 12.2. The number of hydrogen-bond acceptors (Lipinski definition) is 2. The molecule has 122 valence electrons. The molecule has 0 fully saturated rings. The van der Waals surface area contributed by atoms with Gasteiger partial charge in [0.1, 0.15) is 11.6 Å². The number of allylic oxidation sites excluding steroid dienone is 1. The highest BCUT2D eigenvalue weighted by molar-refractivity contribution is 9.10. The summed E-state index contributed by atoms with van der Waals surface area (Å²) in [5, 5.41) is 11.7. The third-order valence-corrected chi connectivity index (χ3v) is 5.05. The number of halogens is 1. The molecule has 25 heavy (non-hydrogen) atoms. The first kappa shape index (κ1) is 17.1. The Morgan fingerprint density at radius 3 is 2.44 bits per heavy atom. The molecule has 3 heteroatoms. The van der Waals surface area contributed by atoms with Crippen LogP contribution in [0.3, 0.4) is 0 Å². The normalized spacial score (nSPS) is 11.7. The van der Waals surface area contributed by atoms with Gasteiger partial charge >= 0.3 is 0 Å². The fourth-order valence-corrected chi connectivity index (χ4v) is 3.82. The van der Waals surface area contributed by atoms with Crippen LogP contribution in [0.2, 0.25) is 0 Å². The number of aldehydes is 1. The van der Waals surface area contributed by atoms with Gasteiger partial charge in [-0.1, -0.05) is 77.5 Å². The van der Waals surface area contributed by atoms with Crippen molar-refractivity contribution in [1.29, 1.82) is 5.26 Å². The van der Waals surface area contributed by atoms with Crippen LogP contribution < -0.4 is 0 Å². The van der Waals surface area contributed by atoms with E-state index in [1.54, 1.807) is 0 Å². The Kier molecular flexibility index (Phi) is 5.11.